The van der Waals surface area contributed by atoms with Crippen molar-refractivity contribution in [3.05, 3.63) is 47.8 Å². The second kappa shape index (κ2) is 6.79. The van der Waals surface area contributed by atoms with E-state index in [9.17, 15) is 4.39 Å². The van der Waals surface area contributed by atoms with Gasteiger partial charge in [0.1, 0.15) is 5.82 Å². The Bertz CT molecular complexity index is 426. The van der Waals surface area contributed by atoms with E-state index < -0.39 is 0 Å². The number of nitrogens with zero attached hydrogens (tertiary/aromatic N) is 2. The second-order valence-corrected chi connectivity index (χ2v) is 3.67. The lowest BCUT2D eigenvalue weighted by atomic mass is 10.1. The van der Waals surface area contributed by atoms with E-state index in [1.165, 1.54) is 18.2 Å². The van der Waals surface area contributed by atoms with Gasteiger partial charge in [0.2, 0.25) is 0 Å². The third-order valence-electron chi connectivity index (χ3n) is 2.37. The molecule has 0 bridgehead atoms. The summed E-state index contributed by atoms with van der Waals surface area (Å²) in [5, 5.41) is 17.6. The van der Waals surface area contributed by atoms with Gasteiger partial charge in [-0.3, -0.25) is 4.90 Å². The van der Waals surface area contributed by atoms with Gasteiger partial charge in [0, 0.05) is 25.2 Å². The highest BCUT2D eigenvalue weighted by Crippen LogP contribution is 2.12. The first kappa shape index (κ1) is 13.4. The molecule has 90 valence electrons. The Morgan fingerprint density at radius 1 is 1.53 bits per heavy atom. The number of aliphatic hydroxyl groups is 1. The number of halogens is 1. The molecule has 0 saturated carbocycles. The molecule has 1 aromatic carbocycles. The quantitative estimate of drug-likeness (QED) is 0.762. The van der Waals surface area contributed by atoms with Crippen molar-refractivity contribution in [3.63, 3.8) is 0 Å². The predicted octanol–water partition coefficient (Wildman–Crippen LogP) is 1.68. The van der Waals surface area contributed by atoms with E-state index in [-0.39, 0.29) is 12.4 Å². The molecule has 0 aromatic heterocycles. The third-order valence-corrected chi connectivity index (χ3v) is 2.37. The van der Waals surface area contributed by atoms with Crippen LogP contribution in [0.15, 0.2) is 30.9 Å². The van der Waals surface area contributed by atoms with Crippen molar-refractivity contribution in [1.29, 1.82) is 5.26 Å². The molecule has 0 atom stereocenters. The van der Waals surface area contributed by atoms with Gasteiger partial charge in [-0.2, -0.15) is 5.26 Å². The van der Waals surface area contributed by atoms with E-state index in [2.05, 4.69) is 6.58 Å². The maximum atomic E-state index is 13.5. The van der Waals surface area contributed by atoms with Gasteiger partial charge in [-0.15, -0.1) is 6.58 Å². The van der Waals surface area contributed by atoms with Gasteiger partial charge >= 0.3 is 0 Å². The Morgan fingerprint density at radius 2 is 2.29 bits per heavy atom. The first-order valence-electron chi connectivity index (χ1n) is 5.34. The van der Waals surface area contributed by atoms with Crippen LogP contribution in [0.4, 0.5) is 4.39 Å². The van der Waals surface area contributed by atoms with Crippen molar-refractivity contribution in [2.45, 2.75) is 6.54 Å². The van der Waals surface area contributed by atoms with Crippen molar-refractivity contribution in [3.8, 4) is 6.07 Å². The number of nitriles is 1. The van der Waals surface area contributed by atoms with Crippen LogP contribution < -0.4 is 0 Å². The number of benzene rings is 1. The smallest absolute Gasteiger partial charge is 0.127 e. The molecular formula is C13H15FN2O. The maximum absolute atomic E-state index is 13.5. The summed E-state index contributed by atoms with van der Waals surface area (Å²) in [6.07, 6.45) is 1.70. The summed E-state index contributed by atoms with van der Waals surface area (Å²) in [7, 11) is 0. The highest BCUT2D eigenvalue weighted by atomic mass is 19.1. The lowest BCUT2D eigenvalue weighted by molar-refractivity contribution is 0.202. The Kier molecular flexibility index (Phi) is 5.34. The highest BCUT2D eigenvalue weighted by molar-refractivity contribution is 5.33. The summed E-state index contributed by atoms with van der Waals surface area (Å²) in [5.41, 5.74) is 0.892. The lowest BCUT2D eigenvalue weighted by Crippen LogP contribution is -2.27. The van der Waals surface area contributed by atoms with Gasteiger partial charge in [0.25, 0.3) is 0 Å². The minimum Gasteiger partial charge on any atom is -0.395 e. The van der Waals surface area contributed by atoms with E-state index in [1.54, 1.807) is 6.08 Å². The lowest BCUT2D eigenvalue weighted by Gasteiger charge is -2.19. The summed E-state index contributed by atoms with van der Waals surface area (Å²) in [6, 6.07) is 6.25. The van der Waals surface area contributed by atoms with Gasteiger partial charge in [-0.05, 0) is 18.2 Å². The molecule has 1 aromatic rings. The molecule has 0 spiro atoms. The monoisotopic (exact) mass is 234 g/mol. The minimum atomic E-state index is -0.337. The van der Waals surface area contributed by atoms with E-state index in [0.29, 0.717) is 30.8 Å². The number of rotatable bonds is 6. The van der Waals surface area contributed by atoms with Crippen molar-refractivity contribution in [2.75, 3.05) is 19.7 Å². The molecule has 1 rings (SSSR count). The van der Waals surface area contributed by atoms with Crippen LogP contribution >= 0.6 is 0 Å². The maximum Gasteiger partial charge on any atom is 0.127 e. The van der Waals surface area contributed by atoms with Gasteiger partial charge in [0.15, 0.2) is 0 Å². The number of hydrogen-bond acceptors (Lipinski definition) is 3. The van der Waals surface area contributed by atoms with E-state index in [0.717, 1.165) is 0 Å². The van der Waals surface area contributed by atoms with Crippen LogP contribution in [0.3, 0.4) is 0 Å². The van der Waals surface area contributed by atoms with E-state index in [4.69, 9.17) is 10.4 Å². The van der Waals surface area contributed by atoms with Crippen molar-refractivity contribution in [1.82, 2.24) is 4.90 Å². The first-order valence-corrected chi connectivity index (χ1v) is 5.34. The summed E-state index contributed by atoms with van der Waals surface area (Å²) >= 11 is 0. The number of hydrogen-bond donors (Lipinski definition) is 1. The van der Waals surface area contributed by atoms with E-state index in [1.807, 2.05) is 11.0 Å². The summed E-state index contributed by atoms with van der Waals surface area (Å²) in [6.45, 7) is 4.99. The Hall–Kier alpha value is -1.70. The molecule has 0 unspecified atom stereocenters. The summed E-state index contributed by atoms with van der Waals surface area (Å²) in [4.78, 5) is 1.85. The Balaban J connectivity index is 2.84. The third kappa shape index (κ3) is 3.99. The molecule has 0 aliphatic rings. The minimum absolute atomic E-state index is 0.00734. The SMILES string of the molecule is C=CCN(CCO)Cc1cc(C#N)ccc1F. The van der Waals surface area contributed by atoms with Gasteiger partial charge in [0.05, 0.1) is 18.2 Å². The molecule has 0 radical (unpaired) electrons. The van der Waals surface area contributed by atoms with Crippen LogP contribution in [0.2, 0.25) is 0 Å². The molecule has 1 N–H and O–H groups in total. The zero-order valence-electron chi connectivity index (χ0n) is 9.56. The molecule has 0 amide bonds. The Morgan fingerprint density at radius 3 is 2.88 bits per heavy atom. The zero-order valence-corrected chi connectivity index (χ0v) is 9.56. The molecule has 0 aliphatic heterocycles. The van der Waals surface area contributed by atoms with Crippen LogP contribution in [0.1, 0.15) is 11.1 Å². The number of aliphatic hydroxyl groups excluding tert-OH is 1. The molecule has 0 aliphatic carbocycles. The second-order valence-electron chi connectivity index (χ2n) is 3.67. The van der Waals surface area contributed by atoms with Crippen molar-refractivity contribution in [2.24, 2.45) is 0 Å². The molecule has 4 heteroatoms. The van der Waals surface area contributed by atoms with Crippen LogP contribution in [0.25, 0.3) is 0 Å². The van der Waals surface area contributed by atoms with Crippen LogP contribution in [-0.4, -0.2) is 29.7 Å². The fraction of sp³-hybridized carbons (Fsp3) is 0.308. The first-order chi connectivity index (χ1) is 8.21. The van der Waals surface area contributed by atoms with E-state index >= 15 is 0 Å². The van der Waals surface area contributed by atoms with Crippen molar-refractivity contribution >= 4 is 0 Å². The summed E-state index contributed by atoms with van der Waals surface area (Å²) in [5.74, 6) is -0.337. The predicted molar refractivity (Wildman–Crippen MR) is 63.7 cm³/mol. The topological polar surface area (TPSA) is 47.3 Å². The molecular weight excluding hydrogens is 219 g/mol. The molecule has 0 fully saturated rings. The van der Waals surface area contributed by atoms with Gasteiger partial charge in [-0.1, -0.05) is 6.08 Å². The molecule has 0 heterocycles. The standard InChI is InChI=1S/C13H15FN2O/c1-2-5-16(6-7-17)10-12-8-11(9-15)3-4-13(12)14/h2-4,8,17H,1,5-7,10H2. The normalized spacial score (nSPS) is 10.2. The zero-order chi connectivity index (χ0) is 12.7. The van der Waals surface area contributed by atoms with Crippen molar-refractivity contribution < 1.29 is 9.50 Å². The van der Waals surface area contributed by atoms with Gasteiger partial charge < -0.3 is 5.11 Å². The fourth-order valence-electron chi connectivity index (χ4n) is 1.57. The molecule has 3 nitrogen and oxygen atoms in total. The average molecular weight is 234 g/mol. The molecule has 17 heavy (non-hydrogen) atoms. The Labute approximate surface area is 100 Å². The fourth-order valence-corrected chi connectivity index (χ4v) is 1.57. The van der Waals surface area contributed by atoms with Crippen LogP contribution in [-0.2, 0) is 6.54 Å². The van der Waals surface area contributed by atoms with Crippen LogP contribution in [0.5, 0.6) is 0 Å². The summed E-state index contributed by atoms with van der Waals surface area (Å²) < 4.78 is 13.5. The van der Waals surface area contributed by atoms with Gasteiger partial charge in [-0.25, -0.2) is 4.39 Å². The van der Waals surface area contributed by atoms with Crippen LogP contribution in [0, 0.1) is 17.1 Å². The largest absolute Gasteiger partial charge is 0.395 e. The highest BCUT2D eigenvalue weighted by Gasteiger charge is 2.08. The molecule has 0 saturated heterocycles. The average Bonchev–Trinajstić information content (AvgIpc) is 2.32.